The van der Waals surface area contributed by atoms with Crippen molar-refractivity contribution >= 4 is 0 Å². The molecule has 1 spiro atoms. The first-order chi connectivity index (χ1) is 9.38. The van der Waals surface area contributed by atoms with E-state index in [1.807, 2.05) is 6.92 Å². The van der Waals surface area contributed by atoms with Crippen molar-refractivity contribution in [3.05, 3.63) is 0 Å². The van der Waals surface area contributed by atoms with E-state index >= 15 is 0 Å². The smallest absolute Gasteiger partial charge is 0.195 e. The molecule has 0 aromatic carbocycles. The Morgan fingerprint density at radius 3 is 2.60 bits per heavy atom. The van der Waals surface area contributed by atoms with Gasteiger partial charge in [-0.2, -0.15) is 0 Å². The van der Waals surface area contributed by atoms with Crippen molar-refractivity contribution in [3.63, 3.8) is 0 Å². The second-order valence-corrected chi connectivity index (χ2v) is 7.33. The minimum atomic E-state index is -1.000. The third-order valence-electron chi connectivity index (χ3n) is 6.30. The number of ether oxygens (including phenoxy) is 3. The first-order valence-corrected chi connectivity index (χ1v) is 7.78. The van der Waals surface area contributed by atoms with Gasteiger partial charge in [0.15, 0.2) is 18.4 Å². The molecule has 0 aromatic heterocycles. The summed E-state index contributed by atoms with van der Waals surface area (Å²) in [6.07, 6.45) is 0.804. The summed E-state index contributed by atoms with van der Waals surface area (Å²) in [6.45, 7) is 6.04. The first-order valence-electron chi connectivity index (χ1n) is 7.78. The van der Waals surface area contributed by atoms with Crippen molar-refractivity contribution in [1.82, 2.24) is 0 Å². The number of aliphatic hydroxyl groups excluding tert-OH is 2. The molecule has 9 atom stereocenters. The summed E-state index contributed by atoms with van der Waals surface area (Å²) in [4.78, 5) is 0. The fraction of sp³-hybridized carbons (Fsp3) is 1.00. The molecule has 0 radical (unpaired) electrons. The van der Waals surface area contributed by atoms with Gasteiger partial charge >= 0.3 is 0 Å². The molecule has 0 amide bonds. The van der Waals surface area contributed by atoms with E-state index in [1.54, 1.807) is 6.92 Å². The highest BCUT2D eigenvalue weighted by Crippen LogP contribution is 2.63. The molecule has 4 rings (SSSR count). The van der Waals surface area contributed by atoms with Crippen LogP contribution in [-0.4, -0.2) is 40.3 Å². The Balaban J connectivity index is 1.83. The third kappa shape index (κ3) is 1.40. The summed E-state index contributed by atoms with van der Waals surface area (Å²) in [5.74, 6) is -0.0399. The summed E-state index contributed by atoms with van der Waals surface area (Å²) in [5.41, 5.74) is -0.496. The second-order valence-electron chi connectivity index (χ2n) is 7.33. The summed E-state index contributed by atoms with van der Waals surface area (Å²) < 4.78 is 18.0. The highest BCUT2D eigenvalue weighted by molar-refractivity contribution is 5.14. The summed E-state index contributed by atoms with van der Waals surface area (Å²) >= 11 is 0. The molecule has 1 aliphatic carbocycles. The van der Waals surface area contributed by atoms with Crippen LogP contribution in [0, 0.1) is 23.7 Å². The molecule has 1 unspecified atom stereocenters. The van der Waals surface area contributed by atoms with Crippen LogP contribution < -0.4 is 0 Å². The van der Waals surface area contributed by atoms with Crippen LogP contribution in [-0.2, 0) is 14.2 Å². The minimum absolute atomic E-state index is 0.0300. The van der Waals surface area contributed by atoms with E-state index in [0.29, 0.717) is 12.3 Å². The number of hydrogen-bond acceptors (Lipinski definition) is 5. The quantitative estimate of drug-likeness (QED) is 0.700. The molecule has 4 fully saturated rings. The lowest BCUT2D eigenvalue weighted by Gasteiger charge is -2.58. The Morgan fingerprint density at radius 2 is 1.85 bits per heavy atom. The van der Waals surface area contributed by atoms with Crippen molar-refractivity contribution in [3.8, 4) is 0 Å². The molecule has 5 nitrogen and oxygen atoms in total. The maximum Gasteiger partial charge on any atom is 0.195 e. The summed E-state index contributed by atoms with van der Waals surface area (Å²) in [5, 5.41) is 20.5. The van der Waals surface area contributed by atoms with E-state index in [9.17, 15) is 10.2 Å². The molecule has 4 aliphatic rings. The van der Waals surface area contributed by atoms with Gasteiger partial charge in [-0.05, 0) is 38.0 Å². The van der Waals surface area contributed by atoms with Crippen molar-refractivity contribution in [2.75, 3.05) is 0 Å². The maximum atomic E-state index is 10.4. The SMILES string of the molecule is C[C@@H]1CC[C@H]2[C@@H](C)C(O)O[C@@H]3O[C@@]4(C)O[C@@]32[C@H]1C[C@H]4O. The van der Waals surface area contributed by atoms with Gasteiger partial charge in [-0.15, -0.1) is 0 Å². The monoisotopic (exact) mass is 284 g/mol. The van der Waals surface area contributed by atoms with E-state index in [4.69, 9.17) is 14.2 Å². The zero-order valence-electron chi connectivity index (χ0n) is 12.3. The average Bonchev–Trinajstić information content (AvgIpc) is 2.64. The van der Waals surface area contributed by atoms with Crippen molar-refractivity contribution in [1.29, 1.82) is 0 Å². The zero-order valence-corrected chi connectivity index (χ0v) is 12.3. The second kappa shape index (κ2) is 3.96. The number of rotatable bonds is 0. The zero-order chi connectivity index (χ0) is 14.3. The summed E-state index contributed by atoms with van der Waals surface area (Å²) in [7, 11) is 0. The molecule has 0 aromatic rings. The van der Waals surface area contributed by atoms with Crippen molar-refractivity contribution < 1.29 is 24.4 Å². The maximum absolute atomic E-state index is 10.4. The normalized spacial score (nSPS) is 65.0. The van der Waals surface area contributed by atoms with Gasteiger partial charge in [0.2, 0.25) is 0 Å². The van der Waals surface area contributed by atoms with Crippen LogP contribution in [0.2, 0.25) is 0 Å². The Hall–Kier alpha value is -0.200. The van der Waals surface area contributed by atoms with Crippen molar-refractivity contribution in [2.24, 2.45) is 23.7 Å². The predicted molar refractivity (Wildman–Crippen MR) is 69.4 cm³/mol. The molecule has 20 heavy (non-hydrogen) atoms. The van der Waals surface area contributed by atoms with Crippen LogP contribution in [0.15, 0.2) is 0 Å². The van der Waals surface area contributed by atoms with Gasteiger partial charge in [0, 0.05) is 11.8 Å². The van der Waals surface area contributed by atoms with Gasteiger partial charge in [-0.3, -0.25) is 0 Å². The molecular weight excluding hydrogens is 260 g/mol. The predicted octanol–water partition coefficient (Wildman–Crippen LogP) is 1.23. The Kier molecular flexibility index (Phi) is 2.66. The molecule has 2 bridgehead atoms. The lowest BCUT2D eigenvalue weighted by Crippen LogP contribution is -2.67. The highest BCUT2D eigenvalue weighted by atomic mass is 16.9. The largest absolute Gasteiger partial charge is 0.388 e. The van der Waals surface area contributed by atoms with Crippen LogP contribution in [0.5, 0.6) is 0 Å². The van der Waals surface area contributed by atoms with E-state index in [1.165, 1.54) is 0 Å². The lowest BCUT2D eigenvalue weighted by atomic mass is 9.57. The van der Waals surface area contributed by atoms with Gasteiger partial charge in [0.25, 0.3) is 0 Å². The fourth-order valence-electron chi connectivity index (χ4n) is 5.09. The molecular formula is C15H24O5. The molecule has 114 valence electrons. The van der Waals surface area contributed by atoms with Crippen LogP contribution in [0.25, 0.3) is 0 Å². The van der Waals surface area contributed by atoms with Gasteiger partial charge in [-0.1, -0.05) is 13.8 Å². The van der Waals surface area contributed by atoms with Crippen LogP contribution in [0.1, 0.15) is 40.0 Å². The Bertz CT molecular complexity index is 424. The number of hydrogen-bond donors (Lipinski definition) is 2. The van der Waals surface area contributed by atoms with Gasteiger partial charge in [-0.25, -0.2) is 0 Å². The molecule has 1 saturated carbocycles. The highest BCUT2D eigenvalue weighted by Gasteiger charge is 2.73. The van der Waals surface area contributed by atoms with Crippen LogP contribution in [0.3, 0.4) is 0 Å². The van der Waals surface area contributed by atoms with E-state index in [2.05, 4.69) is 6.92 Å². The van der Waals surface area contributed by atoms with Gasteiger partial charge in [0.1, 0.15) is 11.7 Å². The fourth-order valence-corrected chi connectivity index (χ4v) is 5.09. The molecule has 3 aliphatic heterocycles. The van der Waals surface area contributed by atoms with Crippen LogP contribution in [0.4, 0.5) is 0 Å². The van der Waals surface area contributed by atoms with E-state index < -0.39 is 30.1 Å². The van der Waals surface area contributed by atoms with Crippen LogP contribution >= 0.6 is 0 Å². The average molecular weight is 284 g/mol. The molecule has 3 heterocycles. The van der Waals surface area contributed by atoms with Crippen molar-refractivity contribution in [2.45, 2.75) is 70.1 Å². The van der Waals surface area contributed by atoms with Gasteiger partial charge in [0.05, 0.1) is 0 Å². The van der Waals surface area contributed by atoms with E-state index in [-0.39, 0.29) is 17.8 Å². The minimum Gasteiger partial charge on any atom is -0.388 e. The molecule has 3 saturated heterocycles. The Morgan fingerprint density at radius 1 is 1.10 bits per heavy atom. The van der Waals surface area contributed by atoms with E-state index in [0.717, 1.165) is 12.8 Å². The number of fused-ring (bicyclic) bond motifs is 1. The first kappa shape index (κ1) is 13.5. The Labute approximate surface area is 119 Å². The standard InChI is InChI=1S/C15H24O5/c1-7-4-5-9-8(2)12(17)18-13-15(9)10(7)6-11(16)14(3,19-13)20-15/h7-13,16-17H,4-6H2,1-3H3/t7-,8-,9+,10+,11-,12?,13-,14+,15+/m1/s1. The van der Waals surface area contributed by atoms with Gasteiger partial charge < -0.3 is 24.4 Å². The lowest BCUT2D eigenvalue weighted by molar-refractivity contribution is -0.330. The topological polar surface area (TPSA) is 68.2 Å². The number of aliphatic hydroxyl groups is 2. The molecule has 2 N–H and O–H groups in total. The molecule has 5 heteroatoms. The third-order valence-corrected chi connectivity index (χ3v) is 6.30. The summed E-state index contributed by atoms with van der Waals surface area (Å²) in [6, 6.07) is 0.